The lowest BCUT2D eigenvalue weighted by Gasteiger charge is -2.19. The number of nitrogens with one attached hydrogen (secondary N) is 1. The molecule has 2 heterocycles. The SMILES string of the molecule is Clc1ccc(C(CNCc2cccnc2)n2cccn2)cc1. The van der Waals surface area contributed by atoms with Gasteiger partial charge in [-0.15, -0.1) is 0 Å². The lowest BCUT2D eigenvalue weighted by Crippen LogP contribution is -2.26. The van der Waals surface area contributed by atoms with Crippen LogP contribution in [0, 0.1) is 0 Å². The van der Waals surface area contributed by atoms with Crippen LogP contribution in [0.1, 0.15) is 17.2 Å². The quantitative estimate of drug-likeness (QED) is 0.759. The van der Waals surface area contributed by atoms with Gasteiger partial charge in [-0.25, -0.2) is 0 Å². The Bertz CT molecular complexity index is 680. The third-order valence-corrected chi connectivity index (χ3v) is 3.74. The molecule has 0 fully saturated rings. The van der Waals surface area contributed by atoms with Gasteiger partial charge in [0.2, 0.25) is 0 Å². The fraction of sp³-hybridized carbons (Fsp3) is 0.176. The van der Waals surface area contributed by atoms with Crippen molar-refractivity contribution in [2.24, 2.45) is 0 Å². The van der Waals surface area contributed by atoms with Crippen LogP contribution >= 0.6 is 11.6 Å². The molecular weight excluding hydrogens is 296 g/mol. The second-order valence-corrected chi connectivity index (χ2v) is 5.48. The third-order valence-electron chi connectivity index (χ3n) is 3.49. The lowest BCUT2D eigenvalue weighted by molar-refractivity contribution is 0.479. The van der Waals surface area contributed by atoms with E-state index in [4.69, 9.17) is 11.6 Å². The summed E-state index contributed by atoms with van der Waals surface area (Å²) in [6.07, 6.45) is 7.43. The van der Waals surface area contributed by atoms with Crippen LogP contribution in [0.2, 0.25) is 5.02 Å². The highest BCUT2D eigenvalue weighted by atomic mass is 35.5. The van der Waals surface area contributed by atoms with Gasteiger partial charge in [-0.1, -0.05) is 29.8 Å². The molecule has 1 atom stereocenters. The van der Waals surface area contributed by atoms with Crippen molar-refractivity contribution in [2.75, 3.05) is 6.54 Å². The fourth-order valence-electron chi connectivity index (χ4n) is 2.37. The van der Waals surface area contributed by atoms with Gasteiger partial charge in [0.25, 0.3) is 0 Å². The summed E-state index contributed by atoms with van der Waals surface area (Å²) >= 11 is 5.98. The van der Waals surface area contributed by atoms with Gasteiger partial charge in [-0.3, -0.25) is 9.67 Å². The van der Waals surface area contributed by atoms with Gasteiger partial charge in [-0.05, 0) is 35.4 Å². The molecule has 0 amide bonds. The smallest absolute Gasteiger partial charge is 0.0892 e. The number of hydrogen-bond acceptors (Lipinski definition) is 3. The molecule has 1 N–H and O–H groups in total. The van der Waals surface area contributed by atoms with Crippen LogP contribution in [0.3, 0.4) is 0 Å². The minimum atomic E-state index is 0.129. The summed E-state index contributed by atoms with van der Waals surface area (Å²) in [4.78, 5) is 4.13. The minimum absolute atomic E-state index is 0.129. The van der Waals surface area contributed by atoms with E-state index in [0.29, 0.717) is 0 Å². The van der Waals surface area contributed by atoms with Gasteiger partial charge in [0.1, 0.15) is 0 Å². The molecule has 3 rings (SSSR count). The molecule has 1 aromatic carbocycles. The van der Waals surface area contributed by atoms with E-state index < -0.39 is 0 Å². The fourth-order valence-corrected chi connectivity index (χ4v) is 2.50. The van der Waals surface area contributed by atoms with E-state index >= 15 is 0 Å². The number of rotatable bonds is 6. The van der Waals surface area contributed by atoms with Crippen molar-refractivity contribution in [1.29, 1.82) is 0 Å². The molecule has 112 valence electrons. The highest BCUT2D eigenvalue weighted by Gasteiger charge is 2.13. The molecule has 0 radical (unpaired) electrons. The van der Waals surface area contributed by atoms with Crippen LogP contribution in [-0.4, -0.2) is 21.3 Å². The van der Waals surface area contributed by atoms with E-state index in [1.54, 1.807) is 12.4 Å². The number of aromatic nitrogens is 3. The zero-order valence-electron chi connectivity index (χ0n) is 12.1. The molecule has 0 aliphatic rings. The molecule has 4 nitrogen and oxygen atoms in total. The first-order valence-corrected chi connectivity index (χ1v) is 7.55. The molecule has 0 spiro atoms. The molecular formula is C17H17ClN4. The first kappa shape index (κ1) is 14.8. The Morgan fingerprint density at radius 1 is 1.09 bits per heavy atom. The molecule has 5 heteroatoms. The van der Waals surface area contributed by atoms with Crippen molar-refractivity contribution in [1.82, 2.24) is 20.1 Å². The van der Waals surface area contributed by atoms with E-state index in [1.807, 2.05) is 53.5 Å². The molecule has 0 saturated carbocycles. The van der Waals surface area contributed by atoms with E-state index in [1.165, 1.54) is 5.56 Å². The van der Waals surface area contributed by atoms with Crippen LogP contribution in [0.15, 0.2) is 67.3 Å². The highest BCUT2D eigenvalue weighted by Crippen LogP contribution is 2.19. The normalized spacial score (nSPS) is 12.2. The predicted octanol–water partition coefficient (Wildman–Crippen LogP) is 3.31. The van der Waals surface area contributed by atoms with E-state index in [-0.39, 0.29) is 6.04 Å². The first-order valence-electron chi connectivity index (χ1n) is 7.17. The summed E-state index contributed by atoms with van der Waals surface area (Å²) in [5.74, 6) is 0. The maximum Gasteiger partial charge on any atom is 0.0892 e. The minimum Gasteiger partial charge on any atom is -0.310 e. The zero-order valence-corrected chi connectivity index (χ0v) is 12.8. The van der Waals surface area contributed by atoms with Crippen LogP contribution in [0.4, 0.5) is 0 Å². The maximum absolute atomic E-state index is 5.98. The van der Waals surface area contributed by atoms with Gasteiger partial charge in [-0.2, -0.15) is 5.10 Å². The van der Waals surface area contributed by atoms with Gasteiger partial charge in [0.15, 0.2) is 0 Å². The summed E-state index contributed by atoms with van der Waals surface area (Å²) in [5, 5.41) is 8.58. The summed E-state index contributed by atoms with van der Waals surface area (Å²) in [7, 11) is 0. The van der Waals surface area contributed by atoms with Crippen molar-refractivity contribution in [2.45, 2.75) is 12.6 Å². The van der Waals surface area contributed by atoms with Gasteiger partial charge in [0.05, 0.1) is 6.04 Å². The first-order chi connectivity index (χ1) is 10.8. The Balaban J connectivity index is 1.71. The summed E-state index contributed by atoms with van der Waals surface area (Å²) in [6, 6.07) is 14.0. The Morgan fingerprint density at radius 2 is 1.95 bits per heavy atom. The Hall–Kier alpha value is -2.17. The Morgan fingerprint density at radius 3 is 2.64 bits per heavy atom. The lowest BCUT2D eigenvalue weighted by atomic mass is 10.1. The number of pyridine rings is 1. The summed E-state index contributed by atoms with van der Waals surface area (Å²) in [5.41, 5.74) is 2.34. The molecule has 22 heavy (non-hydrogen) atoms. The molecule has 0 saturated heterocycles. The van der Waals surface area contributed by atoms with Crippen molar-refractivity contribution in [3.8, 4) is 0 Å². The van der Waals surface area contributed by atoms with Crippen molar-refractivity contribution < 1.29 is 0 Å². The van der Waals surface area contributed by atoms with Gasteiger partial charge in [0, 0.05) is 42.9 Å². The largest absolute Gasteiger partial charge is 0.310 e. The van der Waals surface area contributed by atoms with Crippen molar-refractivity contribution in [3.05, 3.63) is 83.4 Å². The monoisotopic (exact) mass is 312 g/mol. The molecule has 3 aromatic rings. The van der Waals surface area contributed by atoms with E-state index in [0.717, 1.165) is 23.7 Å². The van der Waals surface area contributed by atoms with E-state index in [2.05, 4.69) is 21.5 Å². The molecule has 0 bridgehead atoms. The average Bonchev–Trinajstić information content (AvgIpc) is 3.08. The second kappa shape index (κ2) is 7.20. The second-order valence-electron chi connectivity index (χ2n) is 5.05. The number of nitrogens with zero attached hydrogens (tertiary/aromatic N) is 3. The third kappa shape index (κ3) is 3.72. The van der Waals surface area contributed by atoms with E-state index in [9.17, 15) is 0 Å². The molecule has 0 aliphatic heterocycles. The van der Waals surface area contributed by atoms with Crippen molar-refractivity contribution >= 4 is 11.6 Å². The molecule has 1 unspecified atom stereocenters. The Kier molecular flexibility index (Phi) is 4.83. The van der Waals surface area contributed by atoms with Crippen LogP contribution < -0.4 is 5.32 Å². The number of halogens is 1. The molecule has 0 aliphatic carbocycles. The molecule has 2 aromatic heterocycles. The number of hydrogen-bond donors (Lipinski definition) is 1. The Labute approximate surface area is 134 Å². The van der Waals surface area contributed by atoms with Gasteiger partial charge >= 0.3 is 0 Å². The summed E-state index contributed by atoms with van der Waals surface area (Å²) in [6.45, 7) is 1.55. The standard InChI is InChI=1S/C17H17ClN4/c18-16-6-4-15(5-7-16)17(22-10-2-9-21-22)13-20-12-14-3-1-8-19-11-14/h1-11,17,20H,12-13H2. The zero-order chi connectivity index (χ0) is 15.2. The summed E-state index contributed by atoms with van der Waals surface area (Å²) < 4.78 is 1.96. The van der Waals surface area contributed by atoms with Crippen LogP contribution in [0.5, 0.6) is 0 Å². The van der Waals surface area contributed by atoms with Crippen LogP contribution in [-0.2, 0) is 6.54 Å². The topological polar surface area (TPSA) is 42.7 Å². The number of benzene rings is 1. The maximum atomic E-state index is 5.98. The van der Waals surface area contributed by atoms with Crippen LogP contribution in [0.25, 0.3) is 0 Å². The van der Waals surface area contributed by atoms with Crippen molar-refractivity contribution in [3.63, 3.8) is 0 Å². The van der Waals surface area contributed by atoms with Gasteiger partial charge < -0.3 is 5.32 Å². The average molecular weight is 313 g/mol. The highest BCUT2D eigenvalue weighted by molar-refractivity contribution is 6.30. The predicted molar refractivity (Wildman–Crippen MR) is 87.8 cm³/mol.